The minimum atomic E-state index is -0.358. The van der Waals surface area contributed by atoms with E-state index in [9.17, 15) is 9.18 Å². The van der Waals surface area contributed by atoms with Crippen molar-refractivity contribution < 1.29 is 9.18 Å². The molecule has 0 spiro atoms. The number of aromatic nitrogens is 2. The molecule has 0 bridgehead atoms. The van der Waals surface area contributed by atoms with Crippen LogP contribution in [0.5, 0.6) is 0 Å². The van der Waals surface area contributed by atoms with Gasteiger partial charge in [0.25, 0.3) is 5.91 Å². The molecule has 2 heterocycles. The van der Waals surface area contributed by atoms with Crippen LogP contribution >= 0.6 is 0 Å². The van der Waals surface area contributed by atoms with Gasteiger partial charge in [0.2, 0.25) is 0 Å². The molecule has 6 nitrogen and oxygen atoms in total. The molecule has 1 aliphatic heterocycles. The maximum atomic E-state index is 13.5. The first kappa shape index (κ1) is 16.4. The van der Waals surface area contributed by atoms with Crippen molar-refractivity contribution in [3.8, 4) is 0 Å². The molecule has 2 aromatic rings. The number of hydrogen-bond acceptors (Lipinski definition) is 4. The number of rotatable bonds is 6. The Morgan fingerprint density at radius 3 is 3.12 bits per heavy atom. The highest BCUT2D eigenvalue weighted by atomic mass is 19.1. The lowest BCUT2D eigenvalue weighted by molar-refractivity contribution is 0.0953. The molecule has 1 aromatic heterocycles. The third-order valence-electron chi connectivity index (χ3n) is 4.17. The summed E-state index contributed by atoms with van der Waals surface area (Å²) >= 11 is 0. The van der Waals surface area contributed by atoms with E-state index in [1.165, 1.54) is 6.07 Å². The molecule has 1 atom stereocenters. The molecule has 1 amide bonds. The van der Waals surface area contributed by atoms with Gasteiger partial charge in [-0.25, -0.2) is 9.07 Å². The van der Waals surface area contributed by atoms with Gasteiger partial charge in [0, 0.05) is 50.3 Å². The highest BCUT2D eigenvalue weighted by Gasteiger charge is 2.17. The Labute approximate surface area is 140 Å². The zero-order chi connectivity index (χ0) is 16.9. The van der Waals surface area contributed by atoms with Crippen molar-refractivity contribution in [3.05, 3.63) is 47.4 Å². The van der Waals surface area contributed by atoms with E-state index in [1.807, 2.05) is 10.7 Å². The molecular weight excluding hydrogens is 309 g/mol. The first-order valence-corrected chi connectivity index (χ1v) is 8.14. The van der Waals surface area contributed by atoms with Crippen molar-refractivity contribution in [1.82, 2.24) is 20.4 Å². The van der Waals surface area contributed by atoms with Crippen molar-refractivity contribution in [2.24, 2.45) is 5.92 Å². The minimum absolute atomic E-state index is 0.254. The molecule has 0 aliphatic carbocycles. The summed E-state index contributed by atoms with van der Waals surface area (Å²) in [5, 5.41) is 13.7. The quantitative estimate of drug-likeness (QED) is 0.700. The van der Waals surface area contributed by atoms with Gasteiger partial charge in [0.15, 0.2) is 0 Å². The number of hydrogen-bond donors (Lipinski definition) is 3. The molecule has 7 heteroatoms. The summed E-state index contributed by atoms with van der Waals surface area (Å²) in [4.78, 5) is 12.0. The third-order valence-corrected chi connectivity index (χ3v) is 4.17. The van der Waals surface area contributed by atoms with Crippen LogP contribution in [0, 0.1) is 18.7 Å². The normalized spacial score (nSPS) is 16.3. The molecule has 1 aromatic carbocycles. The predicted octanol–water partition coefficient (Wildman–Crippen LogP) is 1.39. The molecule has 24 heavy (non-hydrogen) atoms. The van der Waals surface area contributed by atoms with E-state index in [-0.39, 0.29) is 11.7 Å². The van der Waals surface area contributed by atoms with E-state index in [4.69, 9.17) is 0 Å². The van der Waals surface area contributed by atoms with E-state index >= 15 is 0 Å². The van der Waals surface area contributed by atoms with Crippen LogP contribution in [-0.2, 0) is 6.54 Å². The van der Waals surface area contributed by atoms with Gasteiger partial charge in [-0.05, 0) is 24.6 Å². The Morgan fingerprint density at radius 2 is 2.29 bits per heavy atom. The molecule has 0 radical (unpaired) electrons. The molecule has 3 N–H and O–H groups in total. The number of nitrogens with one attached hydrogen (secondary N) is 3. The standard InChI is InChI=1S/C17H22FN5O/c1-12-2-3-14(8-15(12)18)17(24)20-7-6-19-9-13-10-21-16-4-5-22-23(16)11-13/h2-5,8,13,19,21H,6-7,9-11H2,1H3,(H,20,24)/t13-/m0/s1. The topological polar surface area (TPSA) is 71.0 Å². The minimum Gasteiger partial charge on any atom is -0.370 e. The highest BCUT2D eigenvalue weighted by Crippen LogP contribution is 2.15. The van der Waals surface area contributed by atoms with Crippen molar-refractivity contribution in [3.63, 3.8) is 0 Å². The summed E-state index contributed by atoms with van der Waals surface area (Å²) in [7, 11) is 0. The molecule has 1 aliphatic rings. The Morgan fingerprint density at radius 1 is 1.42 bits per heavy atom. The van der Waals surface area contributed by atoms with Crippen LogP contribution in [-0.4, -0.2) is 41.9 Å². The molecular formula is C17H22FN5O. The van der Waals surface area contributed by atoms with Gasteiger partial charge in [-0.15, -0.1) is 0 Å². The van der Waals surface area contributed by atoms with Crippen molar-refractivity contribution in [2.75, 3.05) is 31.5 Å². The summed E-state index contributed by atoms with van der Waals surface area (Å²) < 4.78 is 15.4. The van der Waals surface area contributed by atoms with Crippen LogP contribution in [0.1, 0.15) is 15.9 Å². The van der Waals surface area contributed by atoms with Gasteiger partial charge >= 0.3 is 0 Å². The van der Waals surface area contributed by atoms with Crippen molar-refractivity contribution in [2.45, 2.75) is 13.5 Å². The lowest BCUT2D eigenvalue weighted by atomic mass is 10.1. The van der Waals surface area contributed by atoms with Crippen LogP contribution in [0.3, 0.4) is 0 Å². The Kier molecular flexibility index (Phi) is 5.10. The number of halogens is 1. The Hall–Kier alpha value is -2.41. The molecule has 3 rings (SSSR count). The molecule has 0 saturated carbocycles. The lowest BCUT2D eigenvalue weighted by Crippen LogP contribution is -2.38. The number of anilines is 1. The number of benzene rings is 1. The van der Waals surface area contributed by atoms with Crippen LogP contribution in [0.2, 0.25) is 0 Å². The summed E-state index contributed by atoms with van der Waals surface area (Å²) in [6, 6.07) is 6.49. The SMILES string of the molecule is Cc1ccc(C(=O)NCCNC[C@H]2CNc3ccnn3C2)cc1F. The fourth-order valence-corrected chi connectivity index (χ4v) is 2.73. The Bertz CT molecular complexity index is 715. The maximum absolute atomic E-state index is 13.5. The van der Waals surface area contributed by atoms with E-state index in [1.54, 1.807) is 25.3 Å². The number of aryl methyl sites for hydroxylation is 1. The van der Waals surface area contributed by atoms with Gasteiger partial charge < -0.3 is 16.0 Å². The van der Waals surface area contributed by atoms with Gasteiger partial charge in [0.1, 0.15) is 11.6 Å². The van der Waals surface area contributed by atoms with E-state index in [0.717, 1.165) is 25.5 Å². The Balaban J connectivity index is 1.35. The first-order valence-electron chi connectivity index (χ1n) is 8.14. The van der Waals surface area contributed by atoms with Gasteiger partial charge in [-0.2, -0.15) is 5.10 Å². The summed E-state index contributed by atoms with van der Waals surface area (Å²) in [5.41, 5.74) is 0.885. The first-order chi connectivity index (χ1) is 11.6. The zero-order valence-corrected chi connectivity index (χ0v) is 13.7. The smallest absolute Gasteiger partial charge is 0.251 e. The van der Waals surface area contributed by atoms with Crippen LogP contribution in [0.4, 0.5) is 10.2 Å². The van der Waals surface area contributed by atoms with Gasteiger partial charge in [0.05, 0.1) is 6.20 Å². The fourth-order valence-electron chi connectivity index (χ4n) is 2.73. The van der Waals surface area contributed by atoms with E-state index in [0.29, 0.717) is 30.1 Å². The zero-order valence-electron chi connectivity index (χ0n) is 13.7. The third kappa shape index (κ3) is 3.91. The van der Waals surface area contributed by atoms with Gasteiger partial charge in [-0.3, -0.25) is 4.79 Å². The summed E-state index contributed by atoms with van der Waals surface area (Å²) in [6.45, 7) is 5.49. The molecule has 128 valence electrons. The van der Waals surface area contributed by atoms with Crippen LogP contribution in [0.15, 0.2) is 30.5 Å². The monoisotopic (exact) mass is 331 g/mol. The number of carbonyl (C=O) groups excluding carboxylic acids is 1. The average Bonchev–Trinajstić information content (AvgIpc) is 3.04. The van der Waals surface area contributed by atoms with Crippen molar-refractivity contribution in [1.29, 1.82) is 0 Å². The average molecular weight is 331 g/mol. The highest BCUT2D eigenvalue weighted by molar-refractivity contribution is 5.94. The molecule has 0 fully saturated rings. The lowest BCUT2D eigenvalue weighted by Gasteiger charge is -2.25. The maximum Gasteiger partial charge on any atom is 0.251 e. The number of carbonyl (C=O) groups is 1. The van der Waals surface area contributed by atoms with E-state index in [2.05, 4.69) is 21.0 Å². The number of nitrogens with zero attached hydrogens (tertiary/aromatic N) is 2. The number of amides is 1. The second-order valence-electron chi connectivity index (χ2n) is 6.07. The predicted molar refractivity (Wildman–Crippen MR) is 90.5 cm³/mol. The van der Waals surface area contributed by atoms with Crippen LogP contribution < -0.4 is 16.0 Å². The van der Waals surface area contributed by atoms with E-state index < -0.39 is 0 Å². The molecule has 0 saturated heterocycles. The second-order valence-corrected chi connectivity index (χ2v) is 6.07. The fraction of sp³-hybridized carbons (Fsp3) is 0.412. The number of fused-ring (bicyclic) bond motifs is 1. The van der Waals surface area contributed by atoms with Gasteiger partial charge in [-0.1, -0.05) is 6.07 Å². The largest absolute Gasteiger partial charge is 0.370 e. The summed E-state index contributed by atoms with van der Waals surface area (Å²) in [5.74, 6) is 0.905. The molecule has 0 unspecified atom stereocenters. The second kappa shape index (κ2) is 7.44. The van der Waals surface area contributed by atoms with Crippen LogP contribution in [0.25, 0.3) is 0 Å². The van der Waals surface area contributed by atoms with Crippen molar-refractivity contribution >= 4 is 11.7 Å². The summed E-state index contributed by atoms with van der Waals surface area (Å²) in [6.07, 6.45) is 1.79.